The third-order valence-corrected chi connectivity index (χ3v) is 4.79. The van der Waals surface area contributed by atoms with Crippen LogP contribution in [-0.4, -0.2) is 16.8 Å². The monoisotopic (exact) mass is 379 g/mol. The molecule has 28 heavy (non-hydrogen) atoms. The second-order valence-electron chi connectivity index (χ2n) is 7.16. The lowest BCUT2D eigenvalue weighted by Gasteiger charge is -2.21. The number of ether oxygens (including phenoxy) is 1. The molecule has 0 unspecified atom stereocenters. The average Bonchev–Trinajstić information content (AvgIpc) is 3.43. The Morgan fingerprint density at radius 3 is 2.46 bits per heavy atom. The van der Waals surface area contributed by atoms with Gasteiger partial charge in [0.2, 0.25) is 0 Å². The predicted molar refractivity (Wildman–Crippen MR) is 104 cm³/mol. The highest BCUT2D eigenvalue weighted by atomic mass is 19.1. The van der Waals surface area contributed by atoms with E-state index in [1.54, 1.807) is 24.3 Å². The zero-order chi connectivity index (χ0) is 19.5. The van der Waals surface area contributed by atoms with Gasteiger partial charge in [0, 0.05) is 12.6 Å². The molecule has 1 fully saturated rings. The zero-order valence-electron chi connectivity index (χ0n) is 15.7. The number of furan rings is 1. The Bertz CT molecular complexity index is 943. The molecule has 0 N–H and O–H groups in total. The molecule has 1 aliphatic rings. The van der Waals surface area contributed by atoms with Gasteiger partial charge in [-0.3, -0.25) is 4.79 Å². The Morgan fingerprint density at radius 2 is 1.79 bits per heavy atom. The van der Waals surface area contributed by atoms with Crippen LogP contribution in [0.1, 0.15) is 40.3 Å². The van der Waals surface area contributed by atoms with Gasteiger partial charge >= 0.3 is 0 Å². The number of benzene rings is 2. The van der Waals surface area contributed by atoms with Crippen molar-refractivity contribution in [2.24, 2.45) is 0 Å². The fourth-order valence-corrected chi connectivity index (χ4v) is 3.04. The molecule has 0 bridgehead atoms. The molecule has 0 aliphatic heterocycles. The minimum atomic E-state index is -0.313. The van der Waals surface area contributed by atoms with Crippen molar-refractivity contribution in [3.05, 3.63) is 89.1 Å². The third kappa shape index (κ3) is 4.42. The quantitative estimate of drug-likeness (QED) is 0.573. The van der Waals surface area contributed by atoms with Gasteiger partial charge in [0.15, 0.2) is 5.76 Å². The SMILES string of the molecule is Cc1ccc(CN(C(=O)c2ccc(COc3ccc(F)cc3)o2)C2CC2)cc1. The Labute approximate surface area is 163 Å². The van der Waals surface area contributed by atoms with Gasteiger partial charge in [0.25, 0.3) is 5.91 Å². The van der Waals surface area contributed by atoms with E-state index in [9.17, 15) is 9.18 Å². The summed E-state index contributed by atoms with van der Waals surface area (Å²) >= 11 is 0. The van der Waals surface area contributed by atoms with Gasteiger partial charge in [0.1, 0.15) is 23.9 Å². The number of rotatable bonds is 7. The van der Waals surface area contributed by atoms with Crippen molar-refractivity contribution in [1.29, 1.82) is 0 Å². The topological polar surface area (TPSA) is 42.7 Å². The number of carbonyl (C=O) groups is 1. The number of aryl methyl sites for hydroxylation is 1. The van der Waals surface area contributed by atoms with Crippen molar-refractivity contribution in [2.45, 2.75) is 39.0 Å². The van der Waals surface area contributed by atoms with Crippen molar-refractivity contribution in [3.8, 4) is 5.75 Å². The Hall–Kier alpha value is -3.08. The van der Waals surface area contributed by atoms with Crippen molar-refractivity contribution < 1.29 is 18.3 Å². The predicted octanol–water partition coefficient (Wildman–Crippen LogP) is 5.11. The Morgan fingerprint density at radius 1 is 1.07 bits per heavy atom. The number of carbonyl (C=O) groups excluding carboxylic acids is 1. The molecule has 5 heteroatoms. The summed E-state index contributed by atoms with van der Waals surface area (Å²) in [6.07, 6.45) is 2.05. The first-order valence-corrected chi connectivity index (χ1v) is 9.42. The van der Waals surface area contributed by atoms with Crippen LogP contribution in [0.4, 0.5) is 4.39 Å². The van der Waals surface area contributed by atoms with Crippen LogP contribution >= 0.6 is 0 Å². The van der Waals surface area contributed by atoms with Crippen LogP contribution in [0.25, 0.3) is 0 Å². The minimum absolute atomic E-state index is 0.101. The molecule has 1 amide bonds. The number of halogens is 1. The maximum atomic E-state index is 13.0. The Kier molecular flexibility index (Phi) is 5.15. The molecule has 2 aromatic carbocycles. The standard InChI is InChI=1S/C23H22FNO3/c1-16-2-4-17(5-3-16)14-25(19-8-9-19)23(26)22-13-12-21(28-22)15-27-20-10-6-18(24)7-11-20/h2-7,10-13,19H,8-9,14-15H2,1H3. The minimum Gasteiger partial charge on any atom is -0.486 e. The molecule has 4 rings (SSSR count). The molecule has 1 aromatic heterocycles. The average molecular weight is 379 g/mol. The summed E-state index contributed by atoms with van der Waals surface area (Å²) < 4.78 is 24.2. The summed E-state index contributed by atoms with van der Waals surface area (Å²) in [6, 6.07) is 17.7. The van der Waals surface area contributed by atoms with Gasteiger partial charge < -0.3 is 14.1 Å². The fraction of sp³-hybridized carbons (Fsp3) is 0.261. The summed E-state index contributed by atoms with van der Waals surface area (Å²) in [5, 5.41) is 0. The van der Waals surface area contributed by atoms with E-state index < -0.39 is 0 Å². The van der Waals surface area contributed by atoms with E-state index in [1.807, 2.05) is 11.8 Å². The number of hydrogen-bond donors (Lipinski definition) is 0. The molecule has 1 aliphatic carbocycles. The maximum Gasteiger partial charge on any atom is 0.290 e. The largest absolute Gasteiger partial charge is 0.486 e. The number of hydrogen-bond acceptors (Lipinski definition) is 3. The van der Waals surface area contributed by atoms with Crippen molar-refractivity contribution in [2.75, 3.05) is 0 Å². The van der Waals surface area contributed by atoms with Crippen LogP contribution in [-0.2, 0) is 13.2 Å². The van der Waals surface area contributed by atoms with Gasteiger partial charge in [-0.05, 0) is 61.7 Å². The van der Waals surface area contributed by atoms with Crippen LogP contribution < -0.4 is 4.74 Å². The molecule has 4 nitrogen and oxygen atoms in total. The van der Waals surface area contributed by atoms with Crippen LogP contribution in [0.15, 0.2) is 65.1 Å². The zero-order valence-corrected chi connectivity index (χ0v) is 15.7. The van der Waals surface area contributed by atoms with Crippen molar-refractivity contribution in [3.63, 3.8) is 0 Å². The van der Waals surface area contributed by atoms with Crippen molar-refractivity contribution >= 4 is 5.91 Å². The van der Waals surface area contributed by atoms with Crippen molar-refractivity contribution in [1.82, 2.24) is 4.90 Å². The van der Waals surface area contributed by atoms with Gasteiger partial charge in [-0.25, -0.2) is 4.39 Å². The van der Waals surface area contributed by atoms with E-state index in [0.29, 0.717) is 23.8 Å². The van der Waals surface area contributed by atoms with Crippen LogP contribution in [0.2, 0.25) is 0 Å². The molecule has 1 heterocycles. The normalized spacial score (nSPS) is 13.4. The van der Waals surface area contributed by atoms with E-state index in [4.69, 9.17) is 9.15 Å². The molecule has 3 aromatic rings. The lowest BCUT2D eigenvalue weighted by Crippen LogP contribution is -2.32. The van der Waals surface area contributed by atoms with Crippen LogP contribution in [0.3, 0.4) is 0 Å². The first-order chi connectivity index (χ1) is 13.6. The molecular formula is C23H22FNO3. The highest BCUT2D eigenvalue weighted by molar-refractivity contribution is 5.92. The Balaban J connectivity index is 1.41. The fourth-order valence-electron chi connectivity index (χ4n) is 3.04. The van der Waals surface area contributed by atoms with Crippen LogP contribution in [0.5, 0.6) is 5.75 Å². The first-order valence-electron chi connectivity index (χ1n) is 9.42. The summed E-state index contributed by atoms with van der Waals surface area (Å²) in [7, 11) is 0. The second-order valence-corrected chi connectivity index (χ2v) is 7.16. The third-order valence-electron chi connectivity index (χ3n) is 4.79. The summed E-state index contributed by atoms with van der Waals surface area (Å²) in [5.74, 6) is 1.00. The second kappa shape index (κ2) is 7.89. The summed E-state index contributed by atoms with van der Waals surface area (Å²) in [6.45, 7) is 2.80. The lowest BCUT2D eigenvalue weighted by molar-refractivity contribution is 0.0693. The first kappa shape index (κ1) is 18.3. The van der Waals surface area contributed by atoms with Gasteiger partial charge in [-0.15, -0.1) is 0 Å². The molecule has 0 spiro atoms. The van der Waals surface area contributed by atoms with Gasteiger partial charge in [0.05, 0.1) is 0 Å². The maximum absolute atomic E-state index is 13.0. The van der Waals surface area contributed by atoms with E-state index in [-0.39, 0.29) is 24.4 Å². The van der Waals surface area contributed by atoms with Gasteiger partial charge in [-0.2, -0.15) is 0 Å². The summed E-state index contributed by atoms with van der Waals surface area (Å²) in [5.41, 5.74) is 2.31. The highest BCUT2D eigenvalue weighted by Gasteiger charge is 2.34. The lowest BCUT2D eigenvalue weighted by atomic mass is 10.1. The molecule has 0 radical (unpaired) electrons. The van der Waals surface area contributed by atoms with E-state index in [2.05, 4.69) is 24.3 Å². The van der Waals surface area contributed by atoms with E-state index in [1.165, 1.54) is 17.7 Å². The van der Waals surface area contributed by atoms with Crippen LogP contribution in [0, 0.1) is 12.7 Å². The molecular weight excluding hydrogens is 357 g/mol. The number of nitrogens with zero attached hydrogens (tertiary/aromatic N) is 1. The highest BCUT2D eigenvalue weighted by Crippen LogP contribution is 2.30. The van der Waals surface area contributed by atoms with E-state index in [0.717, 1.165) is 18.4 Å². The summed E-state index contributed by atoms with van der Waals surface area (Å²) in [4.78, 5) is 14.9. The number of amides is 1. The molecule has 1 saturated carbocycles. The smallest absolute Gasteiger partial charge is 0.290 e. The molecule has 0 atom stereocenters. The van der Waals surface area contributed by atoms with E-state index >= 15 is 0 Å². The molecule has 0 saturated heterocycles. The van der Waals surface area contributed by atoms with Gasteiger partial charge in [-0.1, -0.05) is 29.8 Å². The molecule has 144 valence electrons.